The van der Waals surface area contributed by atoms with E-state index in [0.29, 0.717) is 5.92 Å². The van der Waals surface area contributed by atoms with Gasteiger partial charge in [-0.1, -0.05) is 37.3 Å². The van der Waals surface area contributed by atoms with Crippen molar-refractivity contribution in [1.29, 1.82) is 0 Å². The van der Waals surface area contributed by atoms with Gasteiger partial charge in [0.15, 0.2) is 0 Å². The first-order chi connectivity index (χ1) is 12.3. The maximum Gasteiger partial charge on any atom is 0.0959 e. The molecule has 0 radical (unpaired) electrons. The Morgan fingerprint density at radius 2 is 2.16 bits per heavy atom. The third-order valence-electron chi connectivity index (χ3n) is 4.64. The van der Waals surface area contributed by atoms with E-state index in [4.69, 9.17) is 14.7 Å². The number of ether oxygens (including phenoxy) is 1. The van der Waals surface area contributed by atoms with Gasteiger partial charge in [0, 0.05) is 23.5 Å². The Bertz CT molecular complexity index is 819. The Balaban J connectivity index is 1.68. The Morgan fingerprint density at radius 3 is 2.92 bits per heavy atom. The van der Waals surface area contributed by atoms with Crippen molar-refractivity contribution >= 4 is 11.3 Å². The molecule has 0 bridgehead atoms. The zero-order valence-corrected chi connectivity index (χ0v) is 15.3. The second kappa shape index (κ2) is 7.50. The van der Waals surface area contributed by atoms with Gasteiger partial charge in [0.05, 0.1) is 41.6 Å². The minimum absolute atomic E-state index is 0.409. The summed E-state index contributed by atoms with van der Waals surface area (Å²) in [4.78, 5) is 9.54. The molecule has 1 saturated heterocycles. The van der Waals surface area contributed by atoms with Crippen molar-refractivity contribution in [3.8, 4) is 11.3 Å². The number of hydrogen-bond donors (Lipinski definition) is 0. The number of rotatable bonds is 6. The first kappa shape index (κ1) is 16.5. The van der Waals surface area contributed by atoms with Crippen LogP contribution in [0.4, 0.5) is 0 Å². The van der Waals surface area contributed by atoms with Crippen molar-refractivity contribution < 1.29 is 4.74 Å². The van der Waals surface area contributed by atoms with E-state index in [1.54, 1.807) is 11.3 Å². The summed E-state index contributed by atoms with van der Waals surface area (Å²) in [6.07, 6.45) is 5.23. The SMILES string of the molecule is CCCc1nc(Cn2cnc(-c3ccccc3)c2[C@@H]2CCOC2)cs1. The molecule has 4 nitrogen and oxygen atoms in total. The molecule has 0 aliphatic carbocycles. The smallest absolute Gasteiger partial charge is 0.0959 e. The first-order valence-electron chi connectivity index (χ1n) is 8.96. The number of benzene rings is 1. The Kier molecular flexibility index (Phi) is 4.95. The molecule has 0 saturated carbocycles. The number of nitrogens with zero attached hydrogens (tertiary/aromatic N) is 3. The van der Waals surface area contributed by atoms with E-state index >= 15 is 0 Å². The normalized spacial score (nSPS) is 17.2. The van der Waals surface area contributed by atoms with E-state index < -0.39 is 0 Å². The van der Waals surface area contributed by atoms with Crippen molar-refractivity contribution in [3.05, 3.63) is 58.4 Å². The lowest BCUT2D eigenvalue weighted by Gasteiger charge is -2.14. The fourth-order valence-corrected chi connectivity index (χ4v) is 4.33. The maximum absolute atomic E-state index is 5.66. The molecule has 1 atom stereocenters. The summed E-state index contributed by atoms with van der Waals surface area (Å²) >= 11 is 1.77. The number of imidazole rings is 1. The number of thiazole rings is 1. The zero-order valence-electron chi connectivity index (χ0n) is 14.5. The van der Waals surface area contributed by atoms with Crippen molar-refractivity contribution in [2.75, 3.05) is 13.2 Å². The molecule has 0 unspecified atom stereocenters. The summed E-state index contributed by atoms with van der Waals surface area (Å²) in [6, 6.07) is 10.5. The molecule has 1 aliphatic heterocycles. The van der Waals surface area contributed by atoms with E-state index in [2.05, 4.69) is 41.1 Å². The Hall–Kier alpha value is -1.98. The van der Waals surface area contributed by atoms with Crippen LogP contribution in [0, 0.1) is 0 Å². The molecule has 1 aromatic carbocycles. The van der Waals surface area contributed by atoms with Gasteiger partial charge in [0.25, 0.3) is 0 Å². The Morgan fingerprint density at radius 1 is 1.28 bits per heavy atom. The highest BCUT2D eigenvalue weighted by Crippen LogP contribution is 2.33. The molecule has 0 spiro atoms. The van der Waals surface area contributed by atoms with Crippen molar-refractivity contribution in [2.24, 2.45) is 0 Å². The number of aryl methyl sites for hydroxylation is 1. The quantitative estimate of drug-likeness (QED) is 0.654. The molecule has 1 aliphatic rings. The number of aromatic nitrogens is 3. The van der Waals surface area contributed by atoms with E-state index in [-0.39, 0.29) is 0 Å². The van der Waals surface area contributed by atoms with E-state index in [0.717, 1.165) is 50.4 Å². The summed E-state index contributed by atoms with van der Waals surface area (Å²) in [5, 5.41) is 3.41. The summed E-state index contributed by atoms with van der Waals surface area (Å²) in [5.74, 6) is 0.409. The largest absolute Gasteiger partial charge is 0.381 e. The molecule has 5 heteroatoms. The summed E-state index contributed by atoms with van der Waals surface area (Å²) in [5.41, 5.74) is 4.67. The van der Waals surface area contributed by atoms with Crippen molar-refractivity contribution in [2.45, 2.75) is 38.6 Å². The summed E-state index contributed by atoms with van der Waals surface area (Å²) in [6.45, 7) is 4.60. The van der Waals surface area contributed by atoms with Gasteiger partial charge in [-0.2, -0.15) is 0 Å². The minimum Gasteiger partial charge on any atom is -0.381 e. The second-order valence-corrected chi connectivity index (χ2v) is 7.46. The highest BCUT2D eigenvalue weighted by molar-refractivity contribution is 7.09. The standard InChI is InChI=1S/C20H23N3OS/c1-2-6-18-22-17(13-25-18)11-23-14-21-19(15-7-4-3-5-8-15)20(23)16-9-10-24-12-16/h3-5,7-8,13-14,16H,2,6,9-12H2,1H3/t16-/m1/s1. The fourth-order valence-electron chi connectivity index (χ4n) is 3.44. The minimum atomic E-state index is 0.409. The van der Waals surface area contributed by atoms with E-state index in [1.165, 1.54) is 16.3 Å². The summed E-state index contributed by atoms with van der Waals surface area (Å²) < 4.78 is 7.93. The Labute approximate surface area is 152 Å². The highest BCUT2D eigenvalue weighted by atomic mass is 32.1. The lowest BCUT2D eigenvalue weighted by Crippen LogP contribution is -2.10. The molecule has 0 N–H and O–H groups in total. The van der Waals surface area contributed by atoms with Crippen LogP contribution in [0.5, 0.6) is 0 Å². The van der Waals surface area contributed by atoms with Crippen LogP contribution in [-0.2, 0) is 17.7 Å². The molecule has 3 heterocycles. The molecule has 3 aromatic rings. The molecule has 0 amide bonds. The van der Waals surface area contributed by atoms with Crippen molar-refractivity contribution in [1.82, 2.24) is 14.5 Å². The van der Waals surface area contributed by atoms with Gasteiger partial charge in [-0.3, -0.25) is 0 Å². The van der Waals surface area contributed by atoms with Crippen LogP contribution in [0.1, 0.15) is 42.1 Å². The van der Waals surface area contributed by atoms with Gasteiger partial charge >= 0.3 is 0 Å². The van der Waals surface area contributed by atoms with E-state index in [9.17, 15) is 0 Å². The lowest BCUT2D eigenvalue weighted by atomic mass is 9.99. The van der Waals surface area contributed by atoms with Gasteiger partial charge in [0.2, 0.25) is 0 Å². The van der Waals surface area contributed by atoms with Crippen LogP contribution < -0.4 is 0 Å². The third kappa shape index (κ3) is 3.53. The first-order valence-corrected chi connectivity index (χ1v) is 9.84. The van der Waals surface area contributed by atoms with Crippen LogP contribution in [0.3, 0.4) is 0 Å². The summed E-state index contributed by atoms with van der Waals surface area (Å²) in [7, 11) is 0. The monoisotopic (exact) mass is 353 g/mol. The van der Waals surface area contributed by atoms with Gasteiger partial charge in [0.1, 0.15) is 0 Å². The van der Waals surface area contributed by atoms with Crippen LogP contribution in [0.25, 0.3) is 11.3 Å². The molecule has 4 rings (SSSR count). The van der Waals surface area contributed by atoms with Crippen LogP contribution in [0.15, 0.2) is 42.0 Å². The van der Waals surface area contributed by atoms with Gasteiger partial charge in [-0.15, -0.1) is 11.3 Å². The predicted molar refractivity (Wildman–Crippen MR) is 101 cm³/mol. The number of hydrogen-bond acceptors (Lipinski definition) is 4. The predicted octanol–water partition coefficient (Wildman–Crippen LogP) is 4.51. The molecule has 2 aromatic heterocycles. The maximum atomic E-state index is 5.66. The lowest BCUT2D eigenvalue weighted by molar-refractivity contribution is 0.193. The molecule has 130 valence electrons. The van der Waals surface area contributed by atoms with Gasteiger partial charge in [-0.05, 0) is 19.3 Å². The second-order valence-electron chi connectivity index (χ2n) is 6.52. The van der Waals surface area contributed by atoms with Crippen LogP contribution in [0.2, 0.25) is 0 Å². The van der Waals surface area contributed by atoms with Crippen molar-refractivity contribution in [3.63, 3.8) is 0 Å². The van der Waals surface area contributed by atoms with Crippen LogP contribution >= 0.6 is 11.3 Å². The average molecular weight is 353 g/mol. The molecule has 1 fully saturated rings. The van der Waals surface area contributed by atoms with Crippen LogP contribution in [-0.4, -0.2) is 27.7 Å². The average Bonchev–Trinajstić information content (AvgIpc) is 3.37. The van der Waals surface area contributed by atoms with Gasteiger partial charge < -0.3 is 9.30 Å². The molecular formula is C20H23N3OS. The topological polar surface area (TPSA) is 39.9 Å². The zero-order chi connectivity index (χ0) is 17.1. The van der Waals surface area contributed by atoms with Gasteiger partial charge in [-0.25, -0.2) is 9.97 Å². The molecule has 25 heavy (non-hydrogen) atoms. The van der Waals surface area contributed by atoms with E-state index in [1.807, 2.05) is 12.4 Å². The third-order valence-corrected chi connectivity index (χ3v) is 5.59. The highest BCUT2D eigenvalue weighted by Gasteiger charge is 2.26. The fraction of sp³-hybridized carbons (Fsp3) is 0.400. The molecular weight excluding hydrogens is 330 g/mol.